The van der Waals surface area contributed by atoms with Crippen molar-refractivity contribution in [3.8, 4) is 0 Å². The topological polar surface area (TPSA) is 217 Å². The van der Waals surface area contributed by atoms with Gasteiger partial charge < -0.3 is 9.05 Å². The largest absolute Gasteiger partial charge is 0.404 e. The van der Waals surface area contributed by atoms with Gasteiger partial charge in [-0.1, -0.05) is 0 Å². The third kappa shape index (κ3) is 43.9. The van der Waals surface area contributed by atoms with E-state index in [1.165, 1.54) is 42.5 Å². The molecule has 21 heteroatoms. The van der Waals surface area contributed by atoms with Gasteiger partial charge in [-0.25, -0.2) is 40.7 Å². The molecule has 16 nitrogen and oxygen atoms in total. The van der Waals surface area contributed by atoms with Crippen molar-refractivity contribution in [3.05, 3.63) is 0 Å². The second-order valence-electron chi connectivity index (χ2n) is 4.15. The number of rotatable bonds is 9. The van der Waals surface area contributed by atoms with Gasteiger partial charge in [0.2, 0.25) is 21.3 Å². The van der Waals surface area contributed by atoms with Crippen molar-refractivity contribution in [2.45, 2.75) is 0 Å². The molecule has 0 aliphatic carbocycles. The van der Waals surface area contributed by atoms with E-state index in [9.17, 15) is 29.8 Å². The van der Waals surface area contributed by atoms with Crippen LogP contribution in [0.3, 0.4) is 0 Å². The summed E-state index contributed by atoms with van der Waals surface area (Å²) in [5.74, 6) is 0. The van der Waals surface area contributed by atoms with Crippen molar-refractivity contribution in [3.63, 3.8) is 0 Å². The van der Waals surface area contributed by atoms with E-state index in [2.05, 4.69) is 36.7 Å². The molecule has 0 aromatic heterocycles. The van der Waals surface area contributed by atoms with Crippen LogP contribution < -0.4 is 24.0 Å². The Hall–Kier alpha value is 0.0700. The predicted molar refractivity (Wildman–Crippen MR) is 127 cm³/mol. The SMILES string of the molecule is CNP(=O)(OC)OC.CNS(=O)(=O)OC.CNS(=O)OC.CNS(C)(=O)=O.CNS(C)=O. The highest BCUT2D eigenvalue weighted by molar-refractivity contribution is 7.88. The maximum Gasteiger partial charge on any atom is 0.404 e. The first-order valence-electron chi connectivity index (χ1n) is 7.87. The Morgan fingerprint density at radius 1 is 0.781 bits per heavy atom. The summed E-state index contributed by atoms with van der Waals surface area (Å²) in [7, 11) is 2.40. The molecular formula is C11H38N5O11PS4. The summed E-state index contributed by atoms with van der Waals surface area (Å²) in [6.07, 6.45) is 2.69. The van der Waals surface area contributed by atoms with Gasteiger partial charge in [0.25, 0.3) is 0 Å². The molecule has 0 amide bonds. The van der Waals surface area contributed by atoms with Gasteiger partial charge in [0.1, 0.15) is 0 Å². The fourth-order valence-corrected chi connectivity index (χ4v) is 1.27. The minimum absolute atomic E-state index is 0.823. The first-order chi connectivity index (χ1) is 14.4. The number of nitrogens with one attached hydrogen (secondary N) is 5. The second kappa shape index (κ2) is 25.7. The van der Waals surface area contributed by atoms with Crippen molar-refractivity contribution in [2.75, 3.05) is 76.2 Å². The Balaban J connectivity index is -0.0000000958. The molecule has 2 atom stereocenters. The van der Waals surface area contributed by atoms with Crippen LogP contribution in [0.5, 0.6) is 0 Å². The Bertz CT molecular complexity index is 687. The van der Waals surface area contributed by atoms with Crippen molar-refractivity contribution >= 4 is 50.3 Å². The molecule has 0 aliphatic rings. The minimum atomic E-state index is -3.41. The van der Waals surface area contributed by atoms with Crippen LogP contribution in [-0.2, 0) is 64.6 Å². The average molecular weight is 576 g/mol. The van der Waals surface area contributed by atoms with E-state index in [-0.39, 0.29) is 0 Å². The van der Waals surface area contributed by atoms with E-state index in [0.29, 0.717) is 0 Å². The second-order valence-corrected chi connectivity index (χ2v) is 12.5. The van der Waals surface area contributed by atoms with Crippen LogP contribution >= 0.6 is 7.75 Å². The Morgan fingerprint density at radius 2 is 1.12 bits per heavy atom. The molecule has 2 unspecified atom stereocenters. The Morgan fingerprint density at radius 3 is 1.12 bits per heavy atom. The predicted octanol–water partition coefficient (Wildman–Crippen LogP) is -2.20. The van der Waals surface area contributed by atoms with Crippen molar-refractivity contribution < 1.29 is 47.2 Å². The van der Waals surface area contributed by atoms with Crippen LogP contribution in [0.4, 0.5) is 0 Å². The van der Waals surface area contributed by atoms with Crippen LogP contribution in [-0.4, -0.2) is 101 Å². The van der Waals surface area contributed by atoms with Crippen LogP contribution in [0.15, 0.2) is 0 Å². The van der Waals surface area contributed by atoms with Gasteiger partial charge in [0.15, 0.2) is 0 Å². The summed E-state index contributed by atoms with van der Waals surface area (Å²) in [5, 5.41) is 2.39. The smallest absolute Gasteiger partial charge is 0.300 e. The van der Waals surface area contributed by atoms with Crippen LogP contribution in [0.1, 0.15) is 0 Å². The van der Waals surface area contributed by atoms with Gasteiger partial charge in [-0.3, -0.25) is 8.37 Å². The van der Waals surface area contributed by atoms with Gasteiger partial charge in [-0.05, 0) is 28.2 Å². The lowest BCUT2D eigenvalue weighted by molar-refractivity contribution is 0.267. The molecule has 0 heterocycles. The van der Waals surface area contributed by atoms with Crippen molar-refractivity contribution in [1.29, 1.82) is 0 Å². The maximum absolute atomic E-state index is 10.8. The number of sulfonamides is 1. The molecular weight excluding hydrogens is 537 g/mol. The highest BCUT2D eigenvalue weighted by atomic mass is 32.2. The van der Waals surface area contributed by atoms with Crippen molar-refractivity contribution in [1.82, 2.24) is 24.0 Å². The van der Waals surface area contributed by atoms with Crippen LogP contribution in [0.25, 0.3) is 0 Å². The molecule has 5 N–H and O–H groups in total. The Labute approximate surface area is 197 Å². The van der Waals surface area contributed by atoms with Gasteiger partial charge in [0.05, 0.1) is 31.5 Å². The van der Waals surface area contributed by atoms with Crippen LogP contribution in [0, 0.1) is 0 Å². The summed E-state index contributed by atoms with van der Waals surface area (Å²) >= 11 is -1.28. The lowest BCUT2D eigenvalue weighted by Crippen LogP contribution is -2.19. The molecule has 0 aromatic rings. The summed E-state index contributed by atoms with van der Waals surface area (Å²) in [6.45, 7) is 0. The van der Waals surface area contributed by atoms with E-state index >= 15 is 0 Å². The molecule has 0 saturated heterocycles. The van der Waals surface area contributed by atoms with Gasteiger partial charge in [0, 0.05) is 27.5 Å². The molecule has 0 aromatic carbocycles. The quantitative estimate of drug-likeness (QED) is 0.185. The third-order valence-corrected chi connectivity index (χ3v) is 6.60. The first-order valence-corrected chi connectivity index (χ1v) is 15.3. The van der Waals surface area contributed by atoms with Gasteiger partial charge in [-0.15, -0.1) is 0 Å². The monoisotopic (exact) mass is 575 g/mol. The lowest BCUT2D eigenvalue weighted by Gasteiger charge is -2.09. The fraction of sp³-hybridized carbons (Fsp3) is 1.00. The van der Waals surface area contributed by atoms with Crippen molar-refractivity contribution in [2.24, 2.45) is 0 Å². The number of hydrogen-bond acceptors (Lipinski definition) is 11. The Kier molecular flexibility index (Phi) is 33.9. The van der Waals surface area contributed by atoms with E-state index in [1.807, 2.05) is 4.72 Å². The summed E-state index contributed by atoms with van der Waals surface area (Å²) in [4.78, 5) is 0. The molecule has 32 heavy (non-hydrogen) atoms. The zero-order chi connectivity index (χ0) is 27.0. The zero-order valence-electron chi connectivity index (χ0n) is 20.1. The lowest BCUT2D eigenvalue weighted by atomic mass is 11.6. The van der Waals surface area contributed by atoms with Gasteiger partial charge >= 0.3 is 18.1 Å². The molecule has 0 rings (SSSR count). The highest BCUT2D eigenvalue weighted by Crippen LogP contribution is 2.39. The molecule has 0 fully saturated rings. The molecule has 0 saturated carbocycles. The summed E-state index contributed by atoms with van der Waals surface area (Å²) in [6, 6.07) is 0. The first kappa shape index (κ1) is 42.2. The minimum Gasteiger partial charge on any atom is -0.300 e. The highest BCUT2D eigenvalue weighted by Gasteiger charge is 2.15. The van der Waals surface area contributed by atoms with Gasteiger partial charge in [-0.2, -0.15) is 13.1 Å². The third-order valence-electron chi connectivity index (χ3n) is 2.20. The van der Waals surface area contributed by atoms with E-state index < -0.39 is 50.3 Å². The molecule has 0 bridgehead atoms. The molecule has 202 valence electrons. The molecule has 0 radical (unpaired) electrons. The van der Waals surface area contributed by atoms with E-state index in [0.717, 1.165) is 13.4 Å². The normalized spacial score (nSPS) is 12.7. The standard InChI is InChI=1S/C3H10NO3P.C2H7NO3S.2C2H7NO2S.C2H7NOS/c1-4-8(5,6-2)7-3;1-3-7(4,5)6-2;1-3-6(2,4)5;1-3-6(4)5-2;1-3-5(2)4/h1-3H3,(H,4,5);3H,1-2H3;2*3H,1-2H3;3H,1-2H3. The summed E-state index contributed by atoms with van der Waals surface area (Å²) < 4.78 is 96.4. The summed E-state index contributed by atoms with van der Waals surface area (Å²) in [5.41, 5.74) is 0. The fourth-order valence-electron chi connectivity index (χ4n) is 0.424. The van der Waals surface area contributed by atoms with E-state index in [1.54, 1.807) is 20.4 Å². The molecule has 0 aliphatic heterocycles. The zero-order valence-corrected chi connectivity index (χ0v) is 24.2. The number of hydrogen-bond donors (Lipinski definition) is 5. The maximum atomic E-state index is 10.8. The molecule has 0 spiro atoms. The average Bonchev–Trinajstić information content (AvgIpc) is 2.78. The van der Waals surface area contributed by atoms with E-state index in [4.69, 9.17) is 0 Å². The van der Waals surface area contributed by atoms with Crippen LogP contribution in [0.2, 0.25) is 0 Å².